The van der Waals surface area contributed by atoms with Crippen LogP contribution in [-0.4, -0.2) is 54.4 Å². The summed E-state index contributed by atoms with van der Waals surface area (Å²) in [7, 11) is 3.30. The van der Waals surface area contributed by atoms with Crippen molar-refractivity contribution in [3.05, 3.63) is 76.7 Å². The van der Waals surface area contributed by atoms with E-state index in [1.54, 1.807) is 13.2 Å². The zero-order valence-electron chi connectivity index (χ0n) is 25.2. The second-order valence-corrected chi connectivity index (χ2v) is 12.3. The summed E-state index contributed by atoms with van der Waals surface area (Å²) < 4.78 is 32.7. The van der Waals surface area contributed by atoms with Crippen LogP contribution in [0.15, 0.2) is 48.7 Å². The van der Waals surface area contributed by atoms with Gasteiger partial charge in [0.25, 0.3) is 0 Å². The van der Waals surface area contributed by atoms with Gasteiger partial charge < -0.3 is 19.3 Å². The number of benzene rings is 2. The van der Waals surface area contributed by atoms with Crippen LogP contribution in [0.4, 0.5) is 4.39 Å². The first-order chi connectivity index (χ1) is 20.8. The van der Waals surface area contributed by atoms with E-state index in [1.165, 1.54) is 13.3 Å². The molecule has 3 heterocycles. The van der Waals surface area contributed by atoms with Gasteiger partial charge in [0, 0.05) is 38.4 Å². The molecule has 2 unspecified atom stereocenters. The van der Waals surface area contributed by atoms with Crippen molar-refractivity contribution >= 4 is 5.97 Å². The monoisotopic (exact) mass is 588 g/mol. The van der Waals surface area contributed by atoms with Gasteiger partial charge in [-0.15, -0.1) is 0 Å². The first kappa shape index (κ1) is 29.6. The quantitative estimate of drug-likeness (QED) is 0.279. The Morgan fingerprint density at radius 3 is 2.56 bits per heavy atom. The van der Waals surface area contributed by atoms with Gasteiger partial charge in [-0.3, -0.25) is 9.69 Å². The van der Waals surface area contributed by atoms with Crippen LogP contribution in [-0.2, 0) is 22.5 Å². The first-order valence-corrected chi connectivity index (χ1v) is 15.4. The first-order valence-electron chi connectivity index (χ1n) is 15.4. The molecule has 1 aliphatic carbocycles. The number of carboxylic acids is 1. The molecule has 1 aromatic heterocycles. The molecule has 3 atom stereocenters. The number of ether oxygens (including phenoxy) is 3. The van der Waals surface area contributed by atoms with Gasteiger partial charge in [-0.05, 0) is 84.2 Å². The molecule has 6 rings (SSSR count). The maximum atomic E-state index is 15.1. The summed E-state index contributed by atoms with van der Waals surface area (Å²) in [6.45, 7) is 4.33. The molecule has 1 saturated heterocycles. The van der Waals surface area contributed by atoms with E-state index in [0.717, 1.165) is 85.2 Å². The van der Waals surface area contributed by atoms with Gasteiger partial charge >= 0.3 is 5.97 Å². The minimum atomic E-state index is -0.754. The van der Waals surface area contributed by atoms with E-state index in [2.05, 4.69) is 34.1 Å². The molecule has 2 aromatic carbocycles. The van der Waals surface area contributed by atoms with Crippen molar-refractivity contribution in [3.8, 4) is 22.8 Å². The highest BCUT2D eigenvalue weighted by molar-refractivity contribution is 5.71. The normalized spacial score (nSPS) is 20.6. The Balaban J connectivity index is 1.30. The van der Waals surface area contributed by atoms with Crippen molar-refractivity contribution < 1.29 is 28.5 Å². The number of nitrogens with zero attached hydrogens (tertiary/aromatic N) is 2. The Morgan fingerprint density at radius 2 is 1.86 bits per heavy atom. The number of aromatic nitrogens is 1. The van der Waals surface area contributed by atoms with Crippen LogP contribution < -0.4 is 9.47 Å². The van der Waals surface area contributed by atoms with Crippen molar-refractivity contribution in [1.82, 2.24) is 9.88 Å². The van der Waals surface area contributed by atoms with E-state index >= 15 is 4.39 Å². The molecule has 0 amide bonds. The number of aryl methyl sites for hydroxylation is 1. The number of fused-ring (bicyclic) bond motifs is 1. The second-order valence-electron chi connectivity index (χ2n) is 12.3. The maximum Gasteiger partial charge on any atom is 0.306 e. The average molecular weight is 589 g/mol. The number of carboxylic acid groups (broad SMARTS) is 1. The predicted molar refractivity (Wildman–Crippen MR) is 162 cm³/mol. The largest absolute Gasteiger partial charge is 0.485 e. The number of hydrogen-bond donors (Lipinski definition) is 1. The zero-order valence-corrected chi connectivity index (χ0v) is 25.2. The summed E-state index contributed by atoms with van der Waals surface area (Å²) >= 11 is 0. The third kappa shape index (κ3) is 6.41. The van der Waals surface area contributed by atoms with E-state index in [-0.39, 0.29) is 23.9 Å². The fourth-order valence-corrected chi connectivity index (χ4v) is 6.90. The molecular weight excluding hydrogens is 547 g/mol. The summed E-state index contributed by atoms with van der Waals surface area (Å²) in [6, 6.07) is 14.2. The number of methoxy groups -OCH3 is 2. The van der Waals surface area contributed by atoms with Crippen molar-refractivity contribution in [2.24, 2.45) is 11.8 Å². The van der Waals surface area contributed by atoms with Crippen LogP contribution in [0.1, 0.15) is 73.3 Å². The lowest BCUT2D eigenvalue weighted by atomic mass is 9.82. The summed E-state index contributed by atoms with van der Waals surface area (Å²) in [6.07, 6.45) is 7.14. The number of carbonyl (C=O) groups is 1. The molecule has 43 heavy (non-hydrogen) atoms. The number of hydrogen-bond acceptors (Lipinski definition) is 6. The van der Waals surface area contributed by atoms with Gasteiger partial charge in [-0.25, -0.2) is 9.37 Å². The second kappa shape index (κ2) is 12.6. The van der Waals surface area contributed by atoms with Crippen molar-refractivity contribution in [2.45, 2.75) is 70.1 Å². The van der Waals surface area contributed by atoms with Crippen molar-refractivity contribution in [2.75, 3.05) is 27.3 Å². The van der Waals surface area contributed by atoms with Crippen LogP contribution in [0.5, 0.6) is 11.6 Å². The number of piperidine rings is 1. The standard InChI is InChI=1S/C35H41FN2O5/c1-21(35(39)40)34(23-5-6-23)25-7-4-22-9-11-31(43-32(22)17-25)24-8-10-28(29-18-33(42-3)37-19-30(29)36)26(16-24)20-38-14-12-27(41-2)13-15-38/h4,7-8,10,16-19,21,23,27,31,34H,5-6,9,11-15,20H2,1-3H3,(H,39,40)/t21-,31?,34?/m0/s1. The van der Waals surface area contributed by atoms with E-state index in [1.807, 2.05) is 19.1 Å². The highest BCUT2D eigenvalue weighted by Gasteiger charge is 2.39. The molecule has 2 fully saturated rings. The molecule has 0 radical (unpaired) electrons. The van der Waals surface area contributed by atoms with Gasteiger partial charge in [0.1, 0.15) is 17.7 Å². The molecule has 0 bridgehead atoms. The van der Waals surface area contributed by atoms with Gasteiger partial charge in [0.2, 0.25) is 5.88 Å². The van der Waals surface area contributed by atoms with Crippen LogP contribution in [0.3, 0.4) is 0 Å². The third-order valence-electron chi connectivity index (χ3n) is 9.57. The highest BCUT2D eigenvalue weighted by Crippen LogP contribution is 2.48. The van der Waals surface area contributed by atoms with E-state index in [4.69, 9.17) is 14.2 Å². The van der Waals surface area contributed by atoms with Crippen LogP contribution in [0, 0.1) is 17.7 Å². The Bertz CT molecular complexity index is 1470. The number of pyridine rings is 1. The predicted octanol–water partition coefficient (Wildman–Crippen LogP) is 6.79. The molecule has 1 saturated carbocycles. The molecular formula is C35H41FN2O5. The average Bonchev–Trinajstić information content (AvgIpc) is 3.87. The summed E-state index contributed by atoms with van der Waals surface area (Å²) in [5, 5.41) is 9.76. The Morgan fingerprint density at radius 1 is 1.07 bits per heavy atom. The summed E-state index contributed by atoms with van der Waals surface area (Å²) in [5.74, 6) is 0.0409. The van der Waals surface area contributed by atoms with Gasteiger partial charge in [-0.2, -0.15) is 0 Å². The Labute approximate surface area is 253 Å². The summed E-state index contributed by atoms with van der Waals surface area (Å²) in [4.78, 5) is 18.3. The lowest BCUT2D eigenvalue weighted by Gasteiger charge is -2.32. The minimum absolute atomic E-state index is 0.00726. The minimum Gasteiger partial charge on any atom is -0.485 e. The lowest BCUT2D eigenvalue weighted by Crippen LogP contribution is -2.36. The van der Waals surface area contributed by atoms with Crippen molar-refractivity contribution in [1.29, 1.82) is 0 Å². The fourth-order valence-electron chi connectivity index (χ4n) is 6.90. The SMILES string of the molecule is COc1cc(-c2ccc(C3CCc4ccc(C(C5CC5)[C@H](C)C(=O)O)cc4O3)cc2CN2CCC(OC)CC2)c(F)cn1. The maximum absolute atomic E-state index is 15.1. The molecule has 3 aliphatic rings. The molecule has 3 aromatic rings. The smallest absolute Gasteiger partial charge is 0.306 e. The summed E-state index contributed by atoms with van der Waals surface area (Å²) in [5.41, 5.74) is 5.59. The molecule has 7 nitrogen and oxygen atoms in total. The number of likely N-dealkylation sites (tertiary alicyclic amines) is 1. The van der Waals surface area contributed by atoms with Gasteiger partial charge in [0.15, 0.2) is 0 Å². The topological polar surface area (TPSA) is 81.1 Å². The third-order valence-corrected chi connectivity index (χ3v) is 9.57. The van der Waals surface area contributed by atoms with E-state index < -0.39 is 11.9 Å². The zero-order chi connectivity index (χ0) is 30.1. The number of rotatable bonds is 10. The fraction of sp³-hybridized carbons (Fsp3) is 0.486. The number of aliphatic carboxylic acids is 1. The van der Waals surface area contributed by atoms with Crippen molar-refractivity contribution in [3.63, 3.8) is 0 Å². The Hall–Kier alpha value is -3.49. The van der Waals surface area contributed by atoms with Gasteiger partial charge in [-0.1, -0.05) is 37.3 Å². The highest BCUT2D eigenvalue weighted by atomic mass is 19.1. The van der Waals surface area contributed by atoms with Gasteiger partial charge in [0.05, 0.1) is 25.3 Å². The number of halogens is 1. The Kier molecular flexibility index (Phi) is 8.68. The molecule has 1 N–H and O–H groups in total. The van der Waals surface area contributed by atoms with E-state index in [9.17, 15) is 9.90 Å². The van der Waals surface area contributed by atoms with E-state index in [0.29, 0.717) is 23.9 Å². The molecule has 8 heteroatoms. The molecule has 0 spiro atoms. The molecule has 2 aliphatic heterocycles. The lowest BCUT2D eigenvalue weighted by molar-refractivity contribution is -0.142. The molecule has 228 valence electrons. The van der Waals surface area contributed by atoms with Crippen LogP contribution >= 0.6 is 0 Å². The van der Waals surface area contributed by atoms with Crippen LogP contribution in [0.25, 0.3) is 11.1 Å². The van der Waals surface area contributed by atoms with Crippen LogP contribution in [0.2, 0.25) is 0 Å².